The fourth-order valence-corrected chi connectivity index (χ4v) is 2.48. The standard InChI is InChI=1S/C19H22N2O4/c1-13-3-4-14(2)17(11-13)23-8-7-20-19(22)21-15-5-6-16-18(12-15)25-10-9-24-16/h3-6,11-12H,7-10H2,1-2H3,(H2,20,21,22). The van der Waals surface area contributed by atoms with Crippen molar-refractivity contribution in [1.82, 2.24) is 5.32 Å². The third-order valence-electron chi connectivity index (χ3n) is 3.79. The van der Waals surface area contributed by atoms with E-state index in [1.807, 2.05) is 32.0 Å². The molecule has 0 spiro atoms. The summed E-state index contributed by atoms with van der Waals surface area (Å²) in [6.45, 7) is 5.88. The largest absolute Gasteiger partial charge is 0.491 e. The number of aryl methyl sites for hydroxylation is 2. The van der Waals surface area contributed by atoms with Gasteiger partial charge in [0, 0.05) is 11.8 Å². The van der Waals surface area contributed by atoms with Crippen LogP contribution in [0.25, 0.3) is 0 Å². The molecule has 1 heterocycles. The van der Waals surface area contributed by atoms with E-state index < -0.39 is 0 Å². The number of carbonyl (C=O) groups is 1. The van der Waals surface area contributed by atoms with Crippen LogP contribution in [-0.2, 0) is 0 Å². The zero-order valence-electron chi connectivity index (χ0n) is 14.4. The Morgan fingerprint density at radius 3 is 2.72 bits per heavy atom. The fourth-order valence-electron chi connectivity index (χ4n) is 2.48. The van der Waals surface area contributed by atoms with Gasteiger partial charge in [0.1, 0.15) is 25.6 Å². The molecule has 0 atom stereocenters. The van der Waals surface area contributed by atoms with E-state index in [2.05, 4.69) is 10.6 Å². The molecule has 0 aliphatic carbocycles. The van der Waals surface area contributed by atoms with Gasteiger partial charge in [-0.05, 0) is 43.2 Å². The molecule has 0 bridgehead atoms. The number of nitrogens with one attached hydrogen (secondary N) is 2. The summed E-state index contributed by atoms with van der Waals surface area (Å²) in [6.07, 6.45) is 0. The van der Waals surface area contributed by atoms with Crippen LogP contribution in [-0.4, -0.2) is 32.4 Å². The molecule has 0 unspecified atom stereocenters. The zero-order chi connectivity index (χ0) is 17.6. The maximum absolute atomic E-state index is 12.0. The molecule has 0 saturated carbocycles. The number of hydrogen-bond acceptors (Lipinski definition) is 4. The molecule has 0 saturated heterocycles. The number of amides is 2. The first-order valence-electron chi connectivity index (χ1n) is 8.26. The molecule has 132 valence electrons. The van der Waals surface area contributed by atoms with Crippen LogP contribution in [0.15, 0.2) is 36.4 Å². The molecule has 1 aliphatic heterocycles. The summed E-state index contributed by atoms with van der Waals surface area (Å²) in [5.74, 6) is 2.18. The zero-order valence-corrected chi connectivity index (χ0v) is 14.4. The Kier molecular flexibility index (Phi) is 5.28. The molecule has 0 fully saturated rings. The smallest absolute Gasteiger partial charge is 0.319 e. The van der Waals surface area contributed by atoms with Crippen molar-refractivity contribution in [3.05, 3.63) is 47.5 Å². The highest BCUT2D eigenvalue weighted by Crippen LogP contribution is 2.32. The van der Waals surface area contributed by atoms with Gasteiger partial charge < -0.3 is 24.8 Å². The van der Waals surface area contributed by atoms with Crippen LogP contribution in [0.2, 0.25) is 0 Å². The molecule has 0 radical (unpaired) electrons. The Morgan fingerprint density at radius 1 is 1.08 bits per heavy atom. The second kappa shape index (κ2) is 7.79. The van der Waals surface area contributed by atoms with E-state index in [0.29, 0.717) is 43.6 Å². The van der Waals surface area contributed by atoms with Crippen LogP contribution in [0.4, 0.5) is 10.5 Å². The molecule has 2 N–H and O–H groups in total. The van der Waals surface area contributed by atoms with Crippen molar-refractivity contribution in [2.45, 2.75) is 13.8 Å². The minimum absolute atomic E-state index is 0.291. The highest BCUT2D eigenvalue weighted by molar-refractivity contribution is 5.89. The normalized spacial score (nSPS) is 12.4. The highest BCUT2D eigenvalue weighted by atomic mass is 16.6. The summed E-state index contributed by atoms with van der Waals surface area (Å²) >= 11 is 0. The summed E-state index contributed by atoms with van der Waals surface area (Å²) in [5.41, 5.74) is 2.87. The first kappa shape index (κ1) is 17.0. The van der Waals surface area contributed by atoms with Gasteiger partial charge in [-0.25, -0.2) is 4.79 Å². The third-order valence-corrected chi connectivity index (χ3v) is 3.79. The van der Waals surface area contributed by atoms with E-state index in [1.54, 1.807) is 18.2 Å². The van der Waals surface area contributed by atoms with E-state index >= 15 is 0 Å². The van der Waals surface area contributed by atoms with Crippen molar-refractivity contribution >= 4 is 11.7 Å². The molecule has 1 aliphatic rings. The van der Waals surface area contributed by atoms with Crippen LogP contribution >= 0.6 is 0 Å². The number of fused-ring (bicyclic) bond motifs is 1. The Hall–Kier alpha value is -2.89. The van der Waals surface area contributed by atoms with Crippen molar-refractivity contribution in [2.75, 3.05) is 31.7 Å². The summed E-state index contributed by atoms with van der Waals surface area (Å²) in [4.78, 5) is 12.0. The molecule has 6 heteroatoms. The SMILES string of the molecule is Cc1ccc(C)c(OCCNC(=O)Nc2ccc3c(c2)OCCO3)c1. The summed E-state index contributed by atoms with van der Waals surface area (Å²) in [6, 6.07) is 11.1. The molecule has 3 rings (SSSR count). The minimum atomic E-state index is -0.291. The minimum Gasteiger partial charge on any atom is -0.491 e. The number of benzene rings is 2. The van der Waals surface area contributed by atoms with Gasteiger partial charge in [-0.2, -0.15) is 0 Å². The Morgan fingerprint density at radius 2 is 1.88 bits per heavy atom. The van der Waals surface area contributed by atoms with Gasteiger partial charge in [-0.15, -0.1) is 0 Å². The lowest BCUT2D eigenvalue weighted by Crippen LogP contribution is -2.32. The first-order chi connectivity index (χ1) is 12.1. The fraction of sp³-hybridized carbons (Fsp3) is 0.316. The van der Waals surface area contributed by atoms with Crippen LogP contribution < -0.4 is 24.8 Å². The average Bonchev–Trinajstić information content (AvgIpc) is 2.61. The Labute approximate surface area is 147 Å². The average molecular weight is 342 g/mol. The molecular weight excluding hydrogens is 320 g/mol. The summed E-state index contributed by atoms with van der Waals surface area (Å²) in [5, 5.41) is 5.54. The van der Waals surface area contributed by atoms with E-state index in [1.165, 1.54) is 0 Å². The van der Waals surface area contributed by atoms with Gasteiger partial charge in [0.05, 0.1) is 6.54 Å². The maximum atomic E-state index is 12.0. The predicted octanol–water partition coefficient (Wildman–Crippen LogP) is 3.28. The molecule has 25 heavy (non-hydrogen) atoms. The van der Waals surface area contributed by atoms with Gasteiger partial charge >= 0.3 is 6.03 Å². The van der Waals surface area contributed by atoms with Gasteiger partial charge in [-0.1, -0.05) is 12.1 Å². The monoisotopic (exact) mass is 342 g/mol. The van der Waals surface area contributed by atoms with Gasteiger partial charge in [0.15, 0.2) is 11.5 Å². The molecule has 0 aromatic heterocycles. The van der Waals surface area contributed by atoms with E-state index in [9.17, 15) is 4.79 Å². The quantitative estimate of drug-likeness (QED) is 0.818. The van der Waals surface area contributed by atoms with E-state index in [-0.39, 0.29) is 6.03 Å². The van der Waals surface area contributed by atoms with Crippen molar-refractivity contribution in [3.63, 3.8) is 0 Å². The lowest BCUT2D eigenvalue weighted by molar-refractivity contribution is 0.171. The maximum Gasteiger partial charge on any atom is 0.319 e. The van der Waals surface area contributed by atoms with Crippen LogP contribution in [0.1, 0.15) is 11.1 Å². The molecule has 6 nitrogen and oxygen atoms in total. The summed E-state index contributed by atoms with van der Waals surface area (Å²) in [7, 11) is 0. The molecule has 2 amide bonds. The first-order valence-corrected chi connectivity index (χ1v) is 8.26. The van der Waals surface area contributed by atoms with Crippen molar-refractivity contribution in [1.29, 1.82) is 0 Å². The number of rotatable bonds is 5. The van der Waals surface area contributed by atoms with Gasteiger partial charge in [-0.3, -0.25) is 0 Å². The number of urea groups is 1. The lowest BCUT2D eigenvalue weighted by Gasteiger charge is -2.19. The van der Waals surface area contributed by atoms with Crippen molar-refractivity contribution in [3.8, 4) is 17.2 Å². The number of hydrogen-bond donors (Lipinski definition) is 2. The van der Waals surface area contributed by atoms with Crippen molar-refractivity contribution < 1.29 is 19.0 Å². The van der Waals surface area contributed by atoms with E-state index in [4.69, 9.17) is 14.2 Å². The number of carbonyl (C=O) groups excluding carboxylic acids is 1. The Bertz CT molecular complexity index is 761. The molecule has 2 aromatic carbocycles. The van der Waals surface area contributed by atoms with Crippen LogP contribution in [0, 0.1) is 13.8 Å². The van der Waals surface area contributed by atoms with Crippen molar-refractivity contribution in [2.24, 2.45) is 0 Å². The highest BCUT2D eigenvalue weighted by Gasteiger charge is 2.12. The second-order valence-electron chi connectivity index (χ2n) is 5.86. The third kappa shape index (κ3) is 4.56. The topological polar surface area (TPSA) is 68.8 Å². The summed E-state index contributed by atoms with van der Waals surface area (Å²) < 4.78 is 16.7. The van der Waals surface area contributed by atoms with E-state index in [0.717, 1.165) is 16.9 Å². The van der Waals surface area contributed by atoms with Gasteiger partial charge in [0.2, 0.25) is 0 Å². The number of anilines is 1. The number of ether oxygens (including phenoxy) is 3. The molecular formula is C19H22N2O4. The lowest BCUT2D eigenvalue weighted by atomic mass is 10.1. The van der Waals surface area contributed by atoms with Crippen LogP contribution in [0.5, 0.6) is 17.2 Å². The predicted molar refractivity (Wildman–Crippen MR) is 95.9 cm³/mol. The van der Waals surface area contributed by atoms with Crippen LogP contribution in [0.3, 0.4) is 0 Å². The molecule has 2 aromatic rings. The van der Waals surface area contributed by atoms with Gasteiger partial charge in [0.25, 0.3) is 0 Å². The Balaban J connectivity index is 1.44. The second-order valence-corrected chi connectivity index (χ2v) is 5.86.